The molecule has 1 aromatic heterocycles. The Hall–Kier alpha value is -3.68. The molecule has 2 fully saturated rings. The van der Waals surface area contributed by atoms with Crippen molar-refractivity contribution < 1.29 is 29.0 Å². The Bertz CT molecular complexity index is 1210. The van der Waals surface area contributed by atoms with E-state index in [4.69, 9.17) is 9.72 Å². The summed E-state index contributed by atoms with van der Waals surface area (Å²) < 4.78 is 5.03. The van der Waals surface area contributed by atoms with Gasteiger partial charge in [-0.25, -0.2) is 14.8 Å². The Morgan fingerprint density at radius 2 is 1.62 bits per heavy atom. The smallest absolute Gasteiger partial charge is 0.409 e. The number of amides is 3. The first-order valence-corrected chi connectivity index (χ1v) is 13.5. The van der Waals surface area contributed by atoms with Gasteiger partial charge in [-0.05, 0) is 13.3 Å². The van der Waals surface area contributed by atoms with Crippen LogP contribution in [0.3, 0.4) is 0 Å². The van der Waals surface area contributed by atoms with Crippen molar-refractivity contribution in [3.05, 3.63) is 42.1 Å². The van der Waals surface area contributed by atoms with Crippen molar-refractivity contribution in [1.29, 1.82) is 0 Å². The molecule has 0 aliphatic carbocycles. The van der Waals surface area contributed by atoms with Crippen LogP contribution in [0.5, 0.6) is 0 Å². The molecule has 1 atom stereocenters. The fourth-order valence-corrected chi connectivity index (χ4v) is 4.62. The van der Waals surface area contributed by atoms with E-state index in [0.29, 0.717) is 24.7 Å². The van der Waals surface area contributed by atoms with Gasteiger partial charge < -0.3 is 35.2 Å². The average molecular weight is 627 g/mol. The SMILES string of the molecule is CCOC(=O)N1CCN(C(=O)[C@H](CCC(=O)O)NC(=O)c2cc(N3CCNCC3)nc(-c3ccccc3)n2)CC1.Cl.Cl. The van der Waals surface area contributed by atoms with Crippen LogP contribution in [0.4, 0.5) is 10.6 Å². The Kier molecular flexibility index (Phi) is 13.7. The quantitative estimate of drug-likeness (QED) is 0.374. The highest BCUT2D eigenvalue weighted by atomic mass is 35.5. The summed E-state index contributed by atoms with van der Waals surface area (Å²) in [6.07, 6.45) is -0.826. The van der Waals surface area contributed by atoms with Gasteiger partial charge in [0.25, 0.3) is 5.91 Å². The van der Waals surface area contributed by atoms with Gasteiger partial charge in [-0.2, -0.15) is 0 Å². The molecule has 4 rings (SSSR count). The summed E-state index contributed by atoms with van der Waals surface area (Å²) in [5.41, 5.74) is 0.828. The summed E-state index contributed by atoms with van der Waals surface area (Å²) in [5.74, 6) is -1.09. The van der Waals surface area contributed by atoms with E-state index in [0.717, 1.165) is 18.7 Å². The van der Waals surface area contributed by atoms with Crippen LogP contribution in [0.15, 0.2) is 36.4 Å². The molecular formula is C27H37Cl2N7O6. The van der Waals surface area contributed by atoms with Crippen LogP contribution in [-0.4, -0.2) is 114 Å². The second-order valence-corrected chi connectivity index (χ2v) is 9.51. The monoisotopic (exact) mass is 625 g/mol. The maximum atomic E-state index is 13.5. The molecule has 2 saturated heterocycles. The van der Waals surface area contributed by atoms with Crippen LogP contribution in [0, 0.1) is 0 Å². The Labute approximate surface area is 256 Å². The molecule has 230 valence electrons. The van der Waals surface area contributed by atoms with Crippen LogP contribution in [-0.2, 0) is 14.3 Å². The van der Waals surface area contributed by atoms with Gasteiger partial charge in [0.1, 0.15) is 17.6 Å². The number of carbonyl (C=O) groups is 4. The number of carboxylic acid groups (broad SMARTS) is 1. The minimum absolute atomic E-state index is 0. The third kappa shape index (κ3) is 9.16. The molecule has 0 bridgehead atoms. The number of piperazine rings is 2. The molecule has 0 saturated carbocycles. The number of halogens is 2. The predicted octanol–water partition coefficient (Wildman–Crippen LogP) is 1.66. The lowest BCUT2D eigenvalue weighted by Crippen LogP contribution is -2.56. The number of rotatable bonds is 9. The highest BCUT2D eigenvalue weighted by molar-refractivity contribution is 5.97. The lowest BCUT2D eigenvalue weighted by atomic mass is 10.1. The maximum Gasteiger partial charge on any atom is 0.409 e. The summed E-state index contributed by atoms with van der Waals surface area (Å²) in [4.78, 5) is 64.6. The standard InChI is InChI=1S/C27H35N7O6.2ClH/c1-2-40-27(39)34-16-14-33(15-17-34)26(38)20(8-9-23(35)36)30-25(37)21-18-22(32-12-10-28-11-13-32)31-24(29-21)19-6-4-3-5-7-19;;/h3-7,18,20,28H,2,8-17H2,1H3,(H,30,37)(H,35,36);2*1H/t20-;;/m0../s1. The first-order valence-electron chi connectivity index (χ1n) is 13.5. The zero-order chi connectivity index (χ0) is 28.5. The van der Waals surface area contributed by atoms with E-state index in [2.05, 4.69) is 20.5 Å². The van der Waals surface area contributed by atoms with Gasteiger partial charge in [-0.15, -0.1) is 24.8 Å². The van der Waals surface area contributed by atoms with E-state index in [-0.39, 0.29) is 76.1 Å². The molecule has 0 unspecified atom stereocenters. The van der Waals surface area contributed by atoms with Crippen molar-refractivity contribution in [2.24, 2.45) is 0 Å². The molecule has 3 heterocycles. The average Bonchev–Trinajstić information content (AvgIpc) is 2.99. The largest absolute Gasteiger partial charge is 0.481 e. The van der Waals surface area contributed by atoms with Crippen molar-refractivity contribution in [3.63, 3.8) is 0 Å². The molecule has 13 nitrogen and oxygen atoms in total. The lowest BCUT2D eigenvalue weighted by molar-refractivity contribution is -0.138. The molecule has 15 heteroatoms. The van der Waals surface area contributed by atoms with Gasteiger partial charge in [-0.3, -0.25) is 14.4 Å². The van der Waals surface area contributed by atoms with Gasteiger partial charge in [0.15, 0.2) is 5.82 Å². The van der Waals surface area contributed by atoms with Gasteiger partial charge in [0, 0.05) is 70.4 Å². The number of nitrogens with one attached hydrogen (secondary N) is 2. The van der Waals surface area contributed by atoms with E-state index in [1.807, 2.05) is 30.3 Å². The number of anilines is 1. The third-order valence-electron chi connectivity index (χ3n) is 6.79. The highest BCUT2D eigenvalue weighted by Crippen LogP contribution is 2.21. The fourth-order valence-electron chi connectivity index (χ4n) is 4.62. The van der Waals surface area contributed by atoms with Crippen molar-refractivity contribution in [3.8, 4) is 11.4 Å². The molecule has 0 spiro atoms. The molecule has 3 N–H and O–H groups in total. The zero-order valence-electron chi connectivity index (χ0n) is 23.4. The molecule has 2 aliphatic rings. The molecule has 1 aromatic carbocycles. The Morgan fingerprint density at radius 1 is 0.976 bits per heavy atom. The molecule has 2 aromatic rings. The Balaban J connectivity index is 0.00000308. The van der Waals surface area contributed by atoms with Gasteiger partial charge >= 0.3 is 12.1 Å². The van der Waals surface area contributed by atoms with E-state index in [1.165, 1.54) is 9.80 Å². The van der Waals surface area contributed by atoms with Gasteiger partial charge in [0.05, 0.1) is 6.61 Å². The van der Waals surface area contributed by atoms with E-state index in [1.54, 1.807) is 13.0 Å². The minimum Gasteiger partial charge on any atom is -0.481 e. The molecule has 0 radical (unpaired) electrons. The Morgan fingerprint density at radius 3 is 2.24 bits per heavy atom. The number of nitrogens with zero attached hydrogens (tertiary/aromatic N) is 5. The molecule has 2 aliphatic heterocycles. The summed E-state index contributed by atoms with van der Waals surface area (Å²) in [6.45, 7) is 6.02. The van der Waals surface area contributed by atoms with Crippen molar-refractivity contribution in [1.82, 2.24) is 30.4 Å². The molecular weight excluding hydrogens is 589 g/mol. The van der Waals surface area contributed by atoms with Crippen molar-refractivity contribution >= 4 is 54.5 Å². The zero-order valence-corrected chi connectivity index (χ0v) is 25.0. The number of hydrogen-bond donors (Lipinski definition) is 3. The first-order chi connectivity index (χ1) is 19.4. The number of aromatic nitrogens is 2. The number of carbonyl (C=O) groups excluding carboxylic acids is 3. The summed E-state index contributed by atoms with van der Waals surface area (Å²) >= 11 is 0. The second kappa shape index (κ2) is 16.7. The van der Waals surface area contributed by atoms with Gasteiger partial charge in [0.2, 0.25) is 5.91 Å². The minimum atomic E-state index is -1.08. The van der Waals surface area contributed by atoms with Crippen LogP contribution in [0.2, 0.25) is 0 Å². The molecule has 3 amide bonds. The first kappa shape index (κ1) is 34.5. The number of aliphatic carboxylic acids is 1. The van der Waals surface area contributed by atoms with E-state index in [9.17, 15) is 24.3 Å². The topological polar surface area (TPSA) is 157 Å². The van der Waals surface area contributed by atoms with Crippen molar-refractivity contribution in [2.75, 3.05) is 63.9 Å². The number of carboxylic acids is 1. The van der Waals surface area contributed by atoms with Gasteiger partial charge in [-0.1, -0.05) is 30.3 Å². The second-order valence-electron chi connectivity index (χ2n) is 9.51. The predicted molar refractivity (Wildman–Crippen MR) is 160 cm³/mol. The third-order valence-corrected chi connectivity index (χ3v) is 6.79. The molecule has 42 heavy (non-hydrogen) atoms. The fraction of sp³-hybridized carbons (Fsp3) is 0.481. The van der Waals surface area contributed by atoms with Crippen molar-refractivity contribution in [2.45, 2.75) is 25.8 Å². The van der Waals surface area contributed by atoms with E-state index < -0.39 is 29.9 Å². The van der Waals surface area contributed by atoms with Crippen LogP contribution >= 0.6 is 24.8 Å². The normalized spacial score (nSPS) is 15.5. The lowest BCUT2D eigenvalue weighted by Gasteiger charge is -2.36. The number of benzene rings is 1. The highest BCUT2D eigenvalue weighted by Gasteiger charge is 2.31. The number of hydrogen-bond acceptors (Lipinski definition) is 9. The van der Waals surface area contributed by atoms with Crippen LogP contribution in [0.1, 0.15) is 30.3 Å². The van der Waals surface area contributed by atoms with E-state index >= 15 is 0 Å². The summed E-state index contributed by atoms with van der Waals surface area (Å²) in [7, 11) is 0. The van der Waals surface area contributed by atoms with Crippen LogP contribution < -0.4 is 15.5 Å². The van der Waals surface area contributed by atoms with Crippen LogP contribution in [0.25, 0.3) is 11.4 Å². The summed E-state index contributed by atoms with van der Waals surface area (Å²) in [5, 5.41) is 15.3. The number of ether oxygens (including phenoxy) is 1. The maximum absolute atomic E-state index is 13.5. The summed E-state index contributed by atoms with van der Waals surface area (Å²) in [6, 6.07) is 9.83.